The Bertz CT molecular complexity index is 4890. The lowest BCUT2D eigenvalue weighted by Crippen LogP contribution is -2.23. The van der Waals surface area contributed by atoms with E-state index in [0.717, 1.165) is 246 Å². The van der Waals surface area contributed by atoms with Crippen LogP contribution < -0.4 is 21.3 Å². The number of carbonyl (C=O) groups excluding carboxylic acids is 4. The maximum Gasteiger partial charge on any atom is 0.228 e. The van der Waals surface area contributed by atoms with Gasteiger partial charge in [-0.2, -0.15) is 0 Å². The van der Waals surface area contributed by atoms with Crippen LogP contribution in [0, 0.1) is 41.4 Å². The molecular formula is C100H130N12O8. The van der Waals surface area contributed by atoms with Crippen molar-refractivity contribution in [2.24, 2.45) is 41.4 Å². The van der Waals surface area contributed by atoms with Gasteiger partial charge in [0.1, 0.15) is 23.0 Å². The molecule has 1 unspecified atom stereocenters. The fraction of sp³-hybridized carbons (Fsp3) is 0.560. The molecule has 1 atom stereocenters. The molecule has 0 radical (unpaired) electrons. The van der Waals surface area contributed by atoms with Gasteiger partial charge in [0, 0.05) is 47.9 Å². The fourth-order valence-corrected chi connectivity index (χ4v) is 20.0. The molecule has 0 saturated heterocycles. The highest BCUT2D eigenvalue weighted by atomic mass is 16.3. The average Bonchev–Trinajstić information content (AvgIpc) is 0.787. The molecule has 4 heterocycles. The molecule has 120 heavy (non-hydrogen) atoms. The van der Waals surface area contributed by atoms with Gasteiger partial charge < -0.3 is 41.7 Å². The Kier molecular flexibility index (Phi) is 30.1. The summed E-state index contributed by atoms with van der Waals surface area (Å²) in [5, 5.41) is 51.6. The van der Waals surface area contributed by atoms with Gasteiger partial charge in [0.05, 0.1) is 68.3 Å². The molecule has 0 bridgehead atoms. The summed E-state index contributed by atoms with van der Waals surface area (Å²) in [6.45, 7) is 9.59. The van der Waals surface area contributed by atoms with Crippen molar-refractivity contribution in [1.82, 2.24) is 39.9 Å². The van der Waals surface area contributed by atoms with Crippen LogP contribution >= 0.6 is 0 Å². The Morgan fingerprint density at radius 3 is 0.908 bits per heavy atom. The highest BCUT2D eigenvalue weighted by molar-refractivity contribution is 5.93. The number of aromatic nitrogens is 8. The Morgan fingerprint density at radius 1 is 0.350 bits per heavy atom. The van der Waals surface area contributed by atoms with Gasteiger partial charge in [-0.05, 0) is 253 Å². The van der Waals surface area contributed by atoms with Crippen LogP contribution in [0.25, 0.3) is 45.0 Å². The standard InChI is InChI=1S/C28H37N3O2.2C25H33N3O2.C22H27N3O2/c32-22-13-14-23-21(18-22)12-16-24-27(23)29-25(15-11-19-7-3-1-4-8-19)28(30-24)31-26(33)17-20-9-5-2-6-10-20;1-16(2)14-23(30)28-25-22(12-8-17-6-4-3-5-7-17)26-24-20-11-10-19(29)15-18(20)9-13-21(24)27-25;1-3-16(2)25(30)28-24-22(13-9-17-7-5-4-6-8-17)26-23-20-12-11-19(29)15-18(20)10-14-21(23)27-24;1-14(26)23-22-20(11-7-15-5-3-2-4-6-15)24-21-18-10-9-17(27)13-16(18)8-12-19(21)25-22/h13-14,18-20,32H,1-12,15-17H2,(H,30,31,33);10-11,15-17,29H,3-9,12-14H2,1-2H3,(H,27,28,30);11-12,15-17,29H,3-10,13-14H2,1-2H3,(H,27,28,30);9-10,13,15,27H,2-8,11-12H2,1H3,(H,23,25,26). The van der Waals surface area contributed by atoms with Gasteiger partial charge in [-0.1, -0.05) is 175 Å². The second kappa shape index (κ2) is 41.7. The zero-order valence-corrected chi connectivity index (χ0v) is 72.1. The number of anilines is 4. The summed E-state index contributed by atoms with van der Waals surface area (Å²) in [5.41, 5.74) is 19.8. The van der Waals surface area contributed by atoms with E-state index < -0.39 is 0 Å². The van der Waals surface area contributed by atoms with Crippen LogP contribution in [0.2, 0.25) is 0 Å². The molecule has 0 spiro atoms. The van der Waals surface area contributed by atoms with Crippen LogP contribution in [0.3, 0.4) is 0 Å². The van der Waals surface area contributed by atoms with Gasteiger partial charge in [-0.25, -0.2) is 39.9 Å². The van der Waals surface area contributed by atoms with Gasteiger partial charge in [0.25, 0.3) is 0 Å². The Morgan fingerprint density at radius 2 is 0.625 bits per heavy atom. The predicted octanol–water partition coefficient (Wildman–Crippen LogP) is 21.7. The number of phenolic OH excluding ortho intramolecular Hbond substituents is 4. The predicted molar refractivity (Wildman–Crippen MR) is 476 cm³/mol. The second-order valence-electron chi connectivity index (χ2n) is 36.7. The minimum atomic E-state index is -0.107. The maximum atomic E-state index is 12.9. The molecule has 9 aliphatic carbocycles. The van der Waals surface area contributed by atoms with Crippen molar-refractivity contribution in [3.05, 3.63) is 141 Å². The zero-order chi connectivity index (χ0) is 83.6. The van der Waals surface area contributed by atoms with Gasteiger partial charge in [-0.3, -0.25) is 19.2 Å². The lowest BCUT2D eigenvalue weighted by Gasteiger charge is -2.24. The van der Waals surface area contributed by atoms with Crippen LogP contribution in [-0.4, -0.2) is 83.9 Å². The van der Waals surface area contributed by atoms with Crippen molar-refractivity contribution in [1.29, 1.82) is 0 Å². The normalized spacial score (nSPS) is 17.3. The molecule has 8 aromatic rings. The minimum Gasteiger partial charge on any atom is -0.508 e. The molecule has 8 N–H and O–H groups in total. The van der Waals surface area contributed by atoms with E-state index in [-0.39, 0.29) is 35.3 Å². The Labute approximate surface area is 710 Å². The first kappa shape index (κ1) is 86.7. The number of phenols is 4. The highest BCUT2D eigenvalue weighted by Crippen LogP contribution is 2.43. The number of nitrogens with one attached hydrogen (secondary N) is 4. The lowest BCUT2D eigenvalue weighted by atomic mass is 9.85. The number of rotatable bonds is 22. The van der Waals surface area contributed by atoms with E-state index in [1.165, 1.54) is 167 Å². The van der Waals surface area contributed by atoms with Crippen LogP contribution in [0.15, 0.2) is 72.8 Å². The lowest BCUT2D eigenvalue weighted by molar-refractivity contribution is -0.119. The van der Waals surface area contributed by atoms with E-state index >= 15 is 0 Å². The number of amides is 4. The van der Waals surface area contributed by atoms with Gasteiger partial charge >= 0.3 is 0 Å². The molecule has 17 rings (SSSR count). The molecule has 20 nitrogen and oxygen atoms in total. The molecule has 638 valence electrons. The quantitative estimate of drug-likeness (QED) is 0.0313. The summed E-state index contributed by atoms with van der Waals surface area (Å²) in [5.74, 6) is 7.59. The molecule has 5 fully saturated rings. The summed E-state index contributed by atoms with van der Waals surface area (Å²) >= 11 is 0. The number of hydrogen-bond acceptors (Lipinski definition) is 16. The first-order valence-electron chi connectivity index (χ1n) is 46.4. The summed E-state index contributed by atoms with van der Waals surface area (Å²) < 4.78 is 0. The highest BCUT2D eigenvalue weighted by Gasteiger charge is 2.31. The van der Waals surface area contributed by atoms with Crippen molar-refractivity contribution in [3.63, 3.8) is 0 Å². The topological polar surface area (TPSA) is 300 Å². The van der Waals surface area contributed by atoms with Crippen LogP contribution in [0.1, 0.15) is 308 Å². The number of nitrogens with zero attached hydrogens (tertiary/aromatic N) is 8. The van der Waals surface area contributed by atoms with Crippen LogP contribution in [0.5, 0.6) is 23.0 Å². The third-order valence-electron chi connectivity index (χ3n) is 27.0. The summed E-state index contributed by atoms with van der Waals surface area (Å²) in [7, 11) is 0. The smallest absolute Gasteiger partial charge is 0.228 e. The van der Waals surface area contributed by atoms with Gasteiger partial charge in [0.15, 0.2) is 23.3 Å². The van der Waals surface area contributed by atoms with Gasteiger partial charge in [0.2, 0.25) is 23.6 Å². The van der Waals surface area contributed by atoms with Crippen molar-refractivity contribution in [2.75, 3.05) is 21.3 Å². The third kappa shape index (κ3) is 23.1. The monoisotopic (exact) mass is 1630 g/mol. The SMILES string of the molecule is CC(=O)Nc1nc2c(nc1CCC1CCCCC1)-c1ccc(O)cc1CC2.CC(C)CC(=O)Nc1nc2c(nc1CCC1CCCCC1)-c1ccc(O)cc1CC2.CCC(C)C(=O)Nc1nc2c(nc1CCC1CCCCC1)-c1ccc(O)cc1CC2.O=C(CC1CCCCC1)Nc1nc2c(nc1CCC1CCCCC1)-c1ccc(O)cc1CC2. The van der Waals surface area contributed by atoms with E-state index in [9.17, 15) is 39.6 Å². The first-order valence-corrected chi connectivity index (χ1v) is 46.4. The average molecular weight is 1630 g/mol. The molecule has 4 amide bonds. The number of aromatic hydroxyl groups is 4. The third-order valence-corrected chi connectivity index (χ3v) is 27.0. The Balaban J connectivity index is 0.000000131. The summed E-state index contributed by atoms with van der Waals surface area (Å²) in [4.78, 5) is 89.4. The number of aryl methyl sites for hydroxylation is 12. The molecule has 0 aliphatic heterocycles. The molecule has 5 saturated carbocycles. The van der Waals surface area contributed by atoms with E-state index in [1.54, 1.807) is 24.3 Å². The van der Waals surface area contributed by atoms with Crippen molar-refractivity contribution < 1.29 is 39.6 Å². The van der Waals surface area contributed by atoms with Crippen LogP contribution in [0.4, 0.5) is 23.3 Å². The summed E-state index contributed by atoms with van der Waals surface area (Å²) in [6.07, 6.45) is 48.7. The van der Waals surface area contributed by atoms with Crippen molar-refractivity contribution in [3.8, 4) is 68.0 Å². The van der Waals surface area contributed by atoms with Crippen LogP contribution in [-0.2, 0) is 96.2 Å². The maximum absolute atomic E-state index is 12.9. The van der Waals surface area contributed by atoms with Crippen molar-refractivity contribution in [2.45, 2.75) is 317 Å². The van der Waals surface area contributed by atoms with Gasteiger partial charge in [-0.15, -0.1) is 0 Å². The van der Waals surface area contributed by atoms with E-state index in [0.29, 0.717) is 65.2 Å². The zero-order valence-electron chi connectivity index (χ0n) is 72.1. The number of hydrogen-bond donors (Lipinski definition) is 8. The molecule has 4 aromatic carbocycles. The summed E-state index contributed by atoms with van der Waals surface area (Å²) in [6, 6.07) is 22.0. The number of benzene rings is 4. The Hall–Kier alpha value is -9.72. The second-order valence-corrected chi connectivity index (χ2v) is 36.7. The molecule has 4 aromatic heterocycles. The number of carbonyl (C=O) groups is 4. The first-order chi connectivity index (χ1) is 58.3. The minimum absolute atomic E-state index is 0.0132. The van der Waals surface area contributed by atoms with E-state index in [2.05, 4.69) is 35.1 Å². The van der Waals surface area contributed by atoms with Crippen molar-refractivity contribution >= 4 is 46.9 Å². The molecular weight excluding hydrogens is 1500 g/mol. The molecule has 9 aliphatic rings. The van der Waals surface area contributed by atoms with E-state index in [4.69, 9.17) is 39.9 Å². The number of fused-ring (bicyclic) bond motifs is 12. The largest absolute Gasteiger partial charge is 0.508 e. The fourth-order valence-electron chi connectivity index (χ4n) is 20.0. The molecule has 20 heteroatoms. The van der Waals surface area contributed by atoms with E-state index in [1.807, 2.05) is 62.4 Å².